The highest BCUT2D eigenvalue weighted by molar-refractivity contribution is 9.10. The molecule has 1 atom stereocenters. The molecule has 2 nitrogen and oxygen atoms in total. The zero-order chi connectivity index (χ0) is 12.8. The molecule has 0 fully saturated rings. The third-order valence-corrected chi connectivity index (χ3v) is 3.27. The summed E-state index contributed by atoms with van der Waals surface area (Å²) in [4.78, 5) is 2.21. The first-order valence-electron chi connectivity index (χ1n) is 5.95. The lowest BCUT2D eigenvalue weighted by Gasteiger charge is -2.24. The molecule has 1 aromatic carbocycles. The van der Waals surface area contributed by atoms with Gasteiger partial charge in [-0.25, -0.2) is 0 Å². The third-order valence-electron chi connectivity index (χ3n) is 2.78. The van der Waals surface area contributed by atoms with Crippen LogP contribution in [0.1, 0.15) is 25.5 Å². The van der Waals surface area contributed by atoms with E-state index in [0.29, 0.717) is 6.04 Å². The SMILES string of the molecule is C=CCN(C)c1ccc(Br)cc1C(C)NCC. The van der Waals surface area contributed by atoms with E-state index in [-0.39, 0.29) is 0 Å². The molecule has 0 aromatic heterocycles. The summed E-state index contributed by atoms with van der Waals surface area (Å²) < 4.78 is 1.12. The molecule has 0 heterocycles. The van der Waals surface area contributed by atoms with Crippen LogP contribution >= 0.6 is 15.9 Å². The van der Waals surface area contributed by atoms with Crippen LogP contribution in [-0.4, -0.2) is 20.1 Å². The summed E-state index contributed by atoms with van der Waals surface area (Å²) >= 11 is 3.54. The van der Waals surface area contributed by atoms with E-state index in [0.717, 1.165) is 17.6 Å². The molecule has 17 heavy (non-hydrogen) atoms. The van der Waals surface area contributed by atoms with Crippen molar-refractivity contribution >= 4 is 21.6 Å². The van der Waals surface area contributed by atoms with Crippen LogP contribution in [0.2, 0.25) is 0 Å². The van der Waals surface area contributed by atoms with Crippen molar-refractivity contribution in [1.29, 1.82) is 0 Å². The Hall–Kier alpha value is -0.800. The van der Waals surface area contributed by atoms with Gasteiger partial charge in [-0.05, 0) is 37.2 Å². The Morgan fingerprint density at radius 2 is 2.24 bits per heavy atom. The monoisotopic (exact) mass is 296 g/mol. The largest absolute Gasteiger partial charge is 0.371 e. The first-order valence-corrected chi connectivity index (χ1v) is 6.74. The predicted octanol–water partition coefficient (Wildman–Crippen LogP) is 3.74. The van der Waals surface area contributed by atoms with Crippen molar-refractivity contribution in [2.24, 2.45) is 0 Å². The molecule has 0 aliphatic carbocycles. The summed E-state index contributed by atoms with van der Waals surface area (Å²) in [6, 6.07) is 6.76. The molecule has 0 saturated heterocycles. The van der Waals surface area contributed by atoms with Crippen molar-refractivity contribution in [3.8, 4) is 0 Å². The van der Waals surface area contributed by atoms with Crippen molar-refractivity contribution < 1.29 is 0 Å². The van der Waals surface area contributed by atoms with E-state index in [9.17, 15) is 0 Å². The summed E-state index contributed by atoms with van der Waals surface area (Å²) in [6.45, 7) is 9.93. The molecule has 94 valence electrons. The summed E-state index contributed by atoms with van der Waals surface area (Å²) in [5.74, 6) is 0. The van der Waals surface area contributed by atoms with Gasteiger partial charge >= 0.3 is 0 Å². The number of hydrogen-bond acceptors (Lipinski definition) is 2. The topological polar surface area (TPSA) is 15.3 Å². The zero-order valence-corrected chi connectivity index (χ0v) is 12.4. The Balaban J connectivity index is 3.06. The molecule has 0 aliphatic rings. The van der Waals surface area contributed by atoms with Gasteiger partial charge < -0.3 is 10.2 Å². The first kappa shape index (κ1) is 14.3. The van der Waals surface area contributed by atoms with Crippen molar-refractivity contribution in [2.45, 2.75) is 19.9 Å². The molecule has 0 spiro atoms. The fourth-order valence-corrected chi connectivity index (χ4v) is 2.31. The maximum Gasteiger partial charge on any atom is 0.0415 e. The van der Waals surface area contributed by atoms with E-state index in [2.05, 4.69) is 71.8 Å². The van der Waals surface area contributed by atoms with Gasteiger partial charge in [0, 0.05) is 29.8 Å². The van der Waals surface area contributed by atoms with Gasteiger partial charge in [-0.1, -0.05) is 28.9 Å². The number of nitrogens with one attached hydrogen (secondary N) is 1. The smallest absolute Gasteiger partial charge is 0.0415 e. The van der Waals surface area contributed by atoms with Crippen molar-refractivity contribution in [2.75, 3.05) is 25.0 Å². The molecule has 3 heteroatoms. The summed E-state index contributed by atoms with van der Waals surface area (Å²) in [5.41, 5.74) is 2.56. The molecule has 1 N–H and O–H groups in total. The Bertz CT molecular complexity index is 376. The van der Waals surface area contributed by atoms with Crippen LogP contribution in [-0.2, 0) is 0 Å². The lowest BCUT2D eigenvalue weighted by molar-refractivity contribution is 0.597. The molecule has 0 amide bonds. The summed E-state index contributed by atoms with van der Waals surface area (Å²) in [5, 5.41) is 3.45. The number of anilines is 1. The van der Waals surface area contributed by atoms with Gasteiger partial charge in [-0.15, -0.1) is 6.58 Å². The number of nitrogens with zero attached hydrogens (tertiary/aromatic N) is 1. The van der Waals surface area contributed by atoms with Gasteiger partial charge in [0.2, 0.25) is 0 Å². The van der Waals surface area contributed by atoms with E-state index in [1.165, 1.54) is 11.3 Å². The van der Waals surface area contributed by atoms with Crippen molar-refractivity contribution in [3.63, 3.8) is 0 Å². The summed E-state index contributed by atoms with van der Waals surface area (Å²) in [7, 11) is 2.09. The van der Waals surface area contributed by atoms with Crippen LogP contribution in [0.25, 0.3) is 0 Å². The second-order valence-electron chi connectivity index (χ2n) is 4.15. The van der Waals surface area contributed by atoms with Crippen molar-refractivity contribution in [1.82, 2.24) is 5.32 Å². The van der Waals surface area contributed by atoms with Crippen LogP contribution in [0.4, 0.5) is 5.69 Å². The second-order valence-corrected chi connectivity index (χ2v) is 5.07. The molecule has 0 saturated carbocycles. The summed E-state index contributed by atoms with van der Waals surface area (Å²) in [6.07, 6.45) is 1.92. The normalized spacial score (nSPS) is 12.2. The van der Waals surface area contributed by atoms with Crippen LogP contribution in [0.5, 0.6) is 0 Å². The van der Waals surface area contributed by atoms with Gasteiger partial charge in [0.15, 0.2) is 0 Å². The molecule has 0 radical (unpaired) electrons. The zero-order valence-electron chi connectivity index (χ0n) is 10.8. The quantitative estimate of drug-likeness (QED) is 0.805. The van der Waals surface area contributed by atoms with Gasteiger partial charge in [-0.3, -0.25) is 0 Å². The van der Waals surface area contributed by atoms with E-state index in [4.69, 9.17) is 0 Å². The molecule has 0 bridgehead atoms. The first-order chi connectivity index (χ1) is 8.10. The second kappa shape index (κ2) is 6.82. The van der Waals surface area contributed by atoms with Crippen molar-refractivity contribution in [3.05, 3.63) is 40.9 Å². The molecular formula is C14H21BrN2. The number of halogens is 1. The van der Waals surface area contributed by atoms with E-state index < -0.39 is 0 Å². The van der Waals surface area contributed by atoms with E-state index in [1.54, 1.807) is 0 Å². The van der Waals surface area contributed by atoms with E-state index >= 15 is 0 Å². The Labute approximate surface area is 113 Å². The minimum absolute atomic E-state index is 0.347. The van der Waals surface area contributed by atoms with Crippen LogP contribution in [0.15, 0.2) is 35.3 Å². The highest BCUT2D eigenvalue weighted by Crippen LogP contribution is 2.28. The van der Waals surface area contributed by atoms with Crippen LogP contribution in [0, 0.1) is 0 Å². The molecular weight excluding hydrogens is 276 g/mol. The number of benzene rings is 1. The van der Waals surface area contributed by atoms with Crippen LogP contribution in [0.3, 0.4) is 0 Å². The fourth-order valence-electron chi connectivity index (χ4n) is 1.93. The molecule has 1 rings (SSSR count). The number of likely N-dealkylation sites (N-methyl/N-ethyl adjacent to an activating group) is 1. The Morgan fingerprint density at radius 3 is 2.82 bits per heavy atom. The fraction of sp³-hybridized carbons (Fsp3) is 0.429. The average molecular weight is 297 g/mol. The Morgan fingerprint density at radius 1 is 1.53 bits per heavy atom. The highest BCUT2D eigenvalue weighted by Gasteiger charge is 2.12. The van der Waals surface area contributed by atoms with Gasteiger partial charge in [0.25, 0.3) is 0 Å². The molecule has 1 unspecified atom stereocenters. The van der Waals surface area contributed by atoms with Gasteiger partial charge in [0.1, 0.15) is 0 Å². The Kier molecular flexibility index (Phi) is 5.72. The van der Waals surface area contributed by atoms with E-state index in [1.807, 2.05) is 6.08 Å². The maximum atomic E-state index is 3.79. The highest BCUT2D eigenvalue weighted by atomic mass is 79.9. The lowest BCUT2D eigenvalue weighted by atomic mass is 10.1. The number of hydrogen-bond donors (Lipinski definition) is 1. The predicted molar refractivity (Wildman–Crippen MR) is 79.7 cm³/mol. The lowest BCUT2D eigenvalue weighted by Crippen LogP contribution is -2.23. The van der Waals surface area contributed by atoms with Gasteiger partial charge in [-0.2, -0.15) is 0 Å². The number of rotatable bonds is 6. The third kappa shape index (κ3) is 3.86. The minimum Gasteiger partial charge on any atom is -0.371 e. The standard InChI is InChI=1S/C14H21BrN2/c1-5-9-17(4)14-8-7-12(15)10-13(14)11(3)16-6-2/h5,7-8,10-11,16H,1,6,9H2,2-4H3. The molecule has 1 aromatic rings. The minimum atomic E-state index is 0.347. The van der Waals surface area contributed by atoms with Gasteiger partial charge in [0.05, 0.1) is 0 Å². The van der Waals surface area contributed by atoms with Crippen LogP contribution < -0.4 is 10.2 Å². The average Bonchev–Trinajstić information content (AvgIpc) is 2.29. The maximum absolute atomic E-state index is 3.79. The molecule has 0 aliphatic heterocycles.